The zero-order valence-corrected chi connectivity index (χ0v) is 16.8. The van der Waals surface area contributed by atoms with Crippen molar-refractivity contribution in [3.05, 3.63) is 69.2 Å². The van der Waals surface area contributed by atoms with Gasteiger partial charge in [-0.1, -0.05) is 57.1 Å². The molecule has 0 aliphatic heterocycles. The lowest BCUT2D eigenvalue weighted by molar-refractivity contribution is 0.391. The maximum atomic E-state index is 12.7. The van der Waals surface area contributed by atoms with E-state index < -0.39 is 0 Å². The summed E-state index contributed by atoms with van der Waals surface area (Å²) in [6, 6.07) is 15.1. The molecule has 2 aromatic carbocycles. The van der Waals surface area contributed by atoms with Crippen LogP contribution in [0.3, 0.4) is 0 Å². The Labute approximate surface area is 167 Å². The summed E-state index contributed by atoms with van der Waals surface area (Å²) in [4.78, 5) is 21.7. The Kier molecular flexibility index (Phi) is 5.09. The summed E-state index contributed by atoms with van der Waals surface area (Å²) in [5.41, 5.74) is 1.53. The van der Waals surface area contributed by atoms with Gasteiger partial charge in [-0.3, -0.25) is 9.36 Å². The molecule has 0 N–H and O–H groups in total. The van der Waals surface area contributed by atoms with Crippen LogP contribution in [-0.2, 0) is 12.3 Å². The van der Waals surface area contributed by atoms with Gasteiger partial charge in [0.2, 0.25) is 11.7 Å². The number of hydrogen-bond acceptors (Lipinski definition) is 6. The van der Waals surface area contributed by atoms with E-state index in [0.29, 0.717) is 40.1 Å². The smallest absolute Gasteiger partial charge is 0.262 e. The van der Waals surface area contributed by atoms with Gasteiger partial charge >= 0.3 is 0 Å². The van der Waals surface area contributed by atoms with E-state index in [9.17, 15) is 4.79 Å². The minimum absolute atomic E-state index is 0.0362. The zero-order valence-electron chi connectivity index (χ0n) is 14.4. The first kappa shape index (κ1) is 17.9. The van der Waals surface area contributed by atoms with Gasteiger partial charge in [-0.15, -0.1) is 0 Å². The van der Waals surface area contributed by atoms with E-state index >= 15 is 0 Å². The van der Waals surface area contributed by atoms with E-state index in [4.69, 9.17) is 4.52 Å². The molecule has 4 rings (SSSR count). The lowest BCUT2D eigenvalue weighted by atomic mass is 10.2. The van der Waals surface area contributed by atoms with E-state index in [1.807, 2.05) is 49.4 Å². The minimum atomic E-state index is -0.0362. The van der Waals surface area contributed by atoms with Crippen molar-refractivity contribution in [3.63, 3.8) is 0 Å². The predicted octanol–water partition coefficient (Wildman–Crippen LogP) is 4.52. The quantitative estimate of drug-likeness (QED) is 0.334. The lowest BCUT2D eigenvalue weighted by Crippen LogP contribution is -2.22. The molecule has 136 valence electrons. The fourth-order valence-electron chi connectivity index (χ4n) is 2.72. The van der Waals surface area contributed by atoms with Gasteiger partial charge in [0, 0.05) is 16.6 Å². The highest BCUT2D eigenvalue weighted by Crippen LogP contribution is 2.24. The number of halogens is 1. The molecule has 4 aromatic rings. The summed E-state index contributed by atoms with van der Waals surface area (Å²) in [5, 5.41) is 5.31. The number of fused-ring (bicyclic) bond motifs is 1. The van der Waals surface area contributed by atoms with Crippen LogP contribution >= 0.6 is 27.7 Å². The normalized spacial score (nSPS) is 11.2. The summed E-state index contributed by atoms with van der Waals surface area (Å²) in [5.74, 6) is 1.46. The molecule has 0 aliphatic rings. The van der Waals surface area contributed by atoms with Gasteiger partial charge < -0.3 is 4.52 Å². The Morgan fingerprint density at radius 1 is 1.15 bits per heavy atom. The van der Waals surface area contributed by atoms with E-state index in [-0.39, 0.29) is 5.56 Å². The van der Waals surface area contributed by atoms with Crippen molar-refractivity contribution in [2.45, 2.75) is 24.4 Å². The highest BCUT2D eigenvalue weighted by atomic mass is 79.9. The van der Waals surface area contributed by atoms with Crippen LogP contribution in [0, 0.1) is 0 Å². The fourth-order valence-corrected chi connectivity index (χ4v) is 4.02. The molecular weight excluding hydrogens is 428 g/mol. The molecule has 0 fully saturated rings. The van der Waals surface area contributed by atoms with Crippen molar-refractivity contribution in [2.75, 3.05) is 0 Å². The number of benzene rings is 2. The molecule has 0 saturated heterocycles. The van der Waals surface area contributed by atoms with Gasteiger partial charge in [0.05, 0.1) is 16.7 Å². The molecule has 2 aromatic heterocycles. The van der Waals surface area contributed by atoms with Crippen LogP contribution in [0.15, 0.2) is 67.5 Å². The SMILES string of the molecule is CCn1c(SCc2nc(-c3cccc(Br)c3)no2)nc2ccccc2c1=O. The van der Waals surface area contributed by atoms with Crippen LogP contribution in [-0.4, -0.2) is 19.7 Å². The van der Waals surface area contributed by atoms with E-state index in [1.54, 1.807) is 10.6 Å². The average Bonchev–Trinajstić information content (AvgIpc) is 3.16. The first-order chi connectivity index (χ1) is 13.2. The topological polar surface area (TPSA) is 73.8 Å². The summed E-state index contributed by atoms with van der Waals surface area (Å²) in [6.45, 7) is 2.48. The first-order valence-corrected chi connectivity index (χ1v) is 10.1. The maximum absolute atomic E-state index is 12.7. The number of para-hydroxylation sites is 1. The molecule has 0 unspecified atom stereocenters. The molecule has 2 heterocycles. The minimum Gasteiger partial charge on any atom is -0.338 e. The molecule has 0 spiro atoms. The summed E-state index contributed by atoms with van der Waals surface area (Å²) >= 11 is 4.85. The Balaban J connectivity index is 1.60. The van der Waals surface area contributed by atoms with Crippen molar-refractivity contribution in [1.82, 2.24) is 19.7 Å². The average molecular weight is 443 g/mol. The fraction of sp³-hybridized carbons (Fsp3) is 0.158. The zero-order chi connectivity index (χ0) is 18.8. The Bertz CT molecular complexity index is 1170. The van der Waals surface area contributed by atoms with Crippen molar-refractivity contribution in [2.24, 2.45) is 0 Å². The highest BCUT2D eigenvalue weighted by Gasteiger charge is 2.13. The van der Waals surface area contributed by atoms with Gasteiger partial charge in [-0.25, -0.2) is 4.98 Å². The largest absolute Gasteiger partial charge is 0.338 e. The van der Waals surface area contributed by atoms with Crippen LogP contribution < -0.4 is 5.56 Å². The third-order valence-corrected chi connectivity index (χ3v) is 5.47. The number of thioether (sulfide) groups is 1. The third-order valence-electron chi connectivity index (χ3n) is 4.02. The maximum Gasteiger partial charge on any atom is 0.262 e. The number of aromatic nitrogens is 4. The predicted molar refractivity (Wildman–Crippen MR) is 109 cm³/mol. The molecule has 6 nitrogen and oxygen atoms in total. The highest BCUT2D eigenvalue weighted by molar-refractivity contribution is 9.10. The van der Waals surface area contributed by atoms with Crippen LogP contribution in [0.25, 0.3) is 22.3 Å². The van der Waals surface area contributed by atoms with E-state index in [1.165, 1.54) is 11.8 Å². The van der Waals surface area contributed by atoms with Gasteiger partial charge in [0.15, 0.2) is 5.16 Å². The molecule has 27 heavy (non-hydrogen) atoms. The standard InChI is InChI=1S/C19H15BrN4O2S/c1-2-24-18(25)14-8-3-4-9-15(14)21-19(24)27-11-16-22-17(23-26-16)12-6-5-7-13(20)10-12/h3-10H,2,11H2,1H3. The Morgan fingerprint density at radius 2 is 2.00 bits per heavy atom. The van der Waals surface area contributed by atoms with Crippen LogP contribution in [0.1, 0.15) is 12.8 Å². The third kappa shape index (κ3) is 3.68. The van der Waals surface area contributed by atoms with Crippen molar-refractivity contribution in [1.29, 1.82) is 0 Å². The monoisotopic (exact) mass is 442 g/mol. The molecule has 8 heteroatoms. The number of hydrogen-bond donors (Lipinski definition) is 0. The molecule has 0 aliphatic carbocycles. The first-order valence-electron chi connectivity index (χ1n) is 8.36. The molecule has 0 saturated carbocycles. The molecular formula is C19H15BrN4O2S. The Morgan fingerprint density at radius 3 is 2.81 bits per heavy atom. The van der Waals surface area contributed by atoms with Crippen molar-refractivity contribution in [3.8, 4) is 11.4 Å². The molecule has 0 bridgehead atoms. The number of rotatable bonds is 5. The van der Waals surface area contributed by atoms with E-state index in [2.05, 4.69) is 31.1 Å². The van der Waals surface area contributed by atoms with Crippen LogP contribution in [0.2, 0.25) is 0 Å². The van der Waals surface area contributed by atoms with Crippen molar-refractivity contribution >= 4 is 38.6 Å². The molecule has 0 radical (unpaired) electrons. The summed E-state index contributed by atoms with van der Waals surface area (Å²) in [6.07, 6.45) is 0. The molecule has 0 atom stereocenters. The van der Waals surface area contributed by atoms with Crippen LogP contribution in [0.4, 0.5) is 0 Å². The van der Waals surface area contributed by atoms with Crippen molar-refractivity contribution < 1.29 is 4.52 Å². The lowest BCUT2D eigenvalue weighted by Gasteiger charge is -2.10. The van der Waals surface area contributed by atoms with Gasteiger partial charge in [-0.05, 0) is 31.2 Å². The number of nitrogens with zero attached hydrogens (tertiary/aromatic N) is 4. The summed E-state index contributed by atoms with van der Waals surface area (Å²) < 4.78 is 7.98. The Hall–Kier alpha value is -2.45. The van der Waals surface area contributed by atoms with Gasteiger partial charge in [0.1, 0.15) is 0 Å². The molecule has 0 amide bonds. The second-order valence-electron chi connectivity index (χ2n) is 5.77. The van der Waals surface area contributed by atoms with Gasteiger partial charge in [0.25, 0.3) is 5.56 Å². The van der Waals surface area contributed by atoms with Gasteiger partial charge in [-0.2, -0.15) is 4.98 Å². The van der Waals surface area contributed by atoms with Crippen LogP contribution in [0.5, 0.6) is 0 Å². The second kappa shape index (κ2) is 7.66. The van der Waals surface area contributed by atoms with E-state index in [0.717, 1.165) is 10.0 Å². The summed E-state index contributed by atoms with van der Waals surface area (Å²) in [7, 11) is 0. The second-order valence-corrected chi connectivity index (χ2v) is 7.63.